The van der Waals surface area contributed by atoms with Gasteiger partial charge in [-0.2, -0.15) is 4.31 Å². The van der Waals surface area contributed by atoms with E-state index in [1.807, 2.05) is 30.3 Å². The molecule has 6 nitrogen and oxygen atoms in total. The van der Waals surface area contributed by atoms with Gasteiger partial charge in [-0.1, -0.05) is 36.8 Å². The summed E-state index contributed by atoms with van der Waals surface area (Å²) in [7, 11) is -2.12. The average Bonchev–Trinajstić information content (AvgIpc) is 3.15. The molecule has 24 heavy (non-hydrogen) atoms. The van der Waals surface area contributed by atoms with E-state index in [-0.39, 0.29) is 6.04 Å². The molecule has 1 aromatic carbocycles. The highest BCUT2D eigenvalue weighted by atomic mass is 32.2. The van der Waals surface area contributed by atoms with Crippen LogP contribution in [0, 0.1) is 5.92 Å². The topological polar surface area (TPSA) is 86.7 Å². The second-order valence-electron chi connectivity index (χ2n) is 6.01. The van der Waals surface area contributed by atoms with Crippen LogP contribution in [0.4, 0.5) is 0 Å². The highest BCUT2D eigenvalue weighted by Crippen LogP contribution is 2.42. The Kier molecular flexibility index (Phi) is 6.68. The Morgan fingerprint density at radius 2 is 1.92 bits per heavy atom. The molecule has 3 rings (SSSR count). The minimum Gasteiger partial charge on any atom is -0.317 e. The van der Waals surface area contributed by atoms with Gasteiger partial charge in [0.05, 0.1) is 6.04 Å². The quantitative estimate of drug-likeness (QED) is 0.639. The van der Waals surface area contributed by atoms with Gasteiger partial charge >= 0.3 is 0 Å². The molecule has 1 aliphatic heterocycles. The standard InChI is InChI=1S/C16H19NO3S.CH5NO/c18-12-15-11-14-7-4-8-16(14)17(15)21(19,20)10-9-13-5-2-1-3-6-13;1-2-3/h1-3,5-6,9-10,12,14-16H,4,7-8,11H2;2-3H,1H3/b10-9+;/t14-,15-,16-;/m1./s1. The van der Waals surface area contributed by atoms with Crippen LogP contribution in [0.2, 0.25) is 0 Å². The van der Waals surface area contributed by atoms with Crippen LogP contribution in [0.1, 0.15) is 31.2 Å². The van der Waals surface area contributed by atoms with Gasteiger partial charge in [-0.05, 0) is 36.8 Å². The van der Waals surface area contributed by atoms with E-state index in [0.29, 0.717) is 12.3 Å². The van der Waals surface area contributed by atoms with Gasteiger partial charge in [0.15, 0.2) is 0 Å². The molecular weight excluding hydrogens is 328 g/mol. The molecule has 0 unspecified atom stereocenters. The normalized spacial score (nSPS) is 26.8. The maximum Gasteiger partial charge on any atom is 0.237 e. The number of nitrogens with one attached hydrogen (secondary N) is 1. The third kappa shape index (κ3) is 4.30. The summed E-state index contributed by atoms with van der Waals surface area (Å²) in [6.45, 7) is 0. The fourth-order valence-corrected chi connectivity index (χ4v) is 5.22. The molecule has 2 fully saturated rings. The zero-order chi connectivity index (χ0) is 17.6. The summed E-state index contributed by atoms with van der Waals surface area (Å²) >= 11 is 0. The highest BCUT2D eigenvalue weighted by molar-refractivity contribution is 7.92. The van der Waals surface area contributed by atoms with Crippen LogP contribution in [0.25, 0.3) is 6.08 Å². The molecule has 132 valence electrons. The number of carbonyl (C=O) groups excluding carboxylic acids is 1. The Labute approximate surface area is 143 Å². The van der Waals surface area contributed by atoms with E-state index >= 15 is 0 Å². The van der Waals surface area contributed by atoms with Crippen LogP contribution in [-0.4, -0.2) is 43.3 Å². The molecule has 1 aromatic rings. The molecule has 2 aliphatic rings. The lowest BCUT2D eigenvalue weighted by Crippen LogP contribution is -2.40. The lowest BCUT2D eigenvalue weighted by Gasteiger charge is -2.24. The fourth-order valence-electron chi connectivity index (χ4n) is 3.58. The van der Waals surface area contributed by atoms with E-state index < -0.39 is 16.1 Å². The van der Waals surface area contributed by atoms with Gasteiger partial charge < -0.3 is 10.0 Å². The third-order valence-corrected chi connectivity index (χ3v) is 6.11. The monoisotopic (exact) mass is 352 g/mol. The van der Waals surface area contributed by atoms with Crippen molar-refractivity contribution in [2.75, 3.05) is 7.05 Å². The second-order valence-corrected chi connectivity index (χ2v) is 7.73. The Balaban J connectivity index is 0.000000647. The molecule has 0 aromatic heterocycles. The first kappa shape index (κ1) is 18.8. The van der Waals surface area contributed by atoms with E-state index in [2.05, 4.69) is 0 Å². The predicted molar refractivity (Wildman–Crippen MR) is 92.7 cm³/mol. The average molecular weight is 352 g/mol. The molecule has 1 heterocycles. The molecule has 0 amide bonds. The van der Waals surface area contributed by atoms with Crippen LogP contribution >= 0.6 is 0 Å². The summed E-state index contributed by atoms with van der Waals surface area (Å²) < 4.78 is 26.6. The molecule has 3 atom stereocenters. The number of fused-ring (bicyclic) bond motifs is 1. The summed E-state index contributed by atoms with van der Waals surface area (Å²) in [6, 6.07) is 8.83. The number of benzene rings is 1. The number of nitrogens with zero attached hydrogens (tertiary/aromatic N) is 1. The highest BCUT2D eigenvalue weighted by Gasteiger charge is 2.48. The Morgan fingerprint density at radius 1 is 1.25 bits per heavy atom. The first-order valence-electron chi connectivity index (χ1n) is 8.06. The minimum atomic E-state index is -3.55. The largest absolute Gasteiger partial charge is 0.317 e. The molecule has 0 bridgehead atoms. The fraction of sp³-hybridized carbons (Fsp3) is 0.471. The van der Waals surface area contributed by atoms with Crippen LogP contribution in [0.5, 0.6) is 0 Å². The summed E-state index contributed by atoms with van der Waals surface area (Å²) in [6.07, 6.45) is 6.00. The van der Waals surface area contributed by atoms with Crippen molar-refractivity contribution in [2.24, 2.45) is 5.92 Å². The van der Waals surface area contributed by atoms with Crippen molar-refractivity contribution in [1.82, 2.24) is 9.79 Å². The molecular formula is C17H24N2O4S. The van der Waals surface area contributed by atoms with Gasteiger partial charge in [0.2, 0.25) is 10.0 Å². The lowest BCUT2D eigenvalue weighted by atomic mass is 10.0. The van der Waals surface area contributed by atoms with Crippen LogP contribution in [0.3, 0.4) is 0 Å². The molecule has 1 saturated heterocycles. The SMILES string of the molecule is CNO.O=C[C@H]1C[C@H]2CCC[C@H]2N1S(=O)(=O)/C=C/c1ccccc1. The predicted octanol–water partition coefficient (Wildman–Crippen LogP) is 2.02. The lowest BCUT2D eigenvalue weighted by molar-refractivity contribution is -0.110. The van der Waals surface area contributed by atoms with Crippen molar-refractivity contribution in [3.8, 4) is 0 Å². The van der Waals surface area contributed by atoms with Crippen molar-refractivity contribution in [2.45, 2.75) is 37.8 Å². The van der Waals surface area contributed by atoms with Gasteiger partial charge in [0.25, 0.3) is 0 Å². The van der Waals surface area contributed by atoms with Crippen molar-refractivity contribution < 1.29 is 18.4 Å². The molecule has 2 N–H and O–H groups in total. The van der Waals surface area contributed by atoms with E-state index in [1.165, 1.54) is 16.8 Å². The van der Waals surface area contributed by atoms with E-state index in [9.17, 15) is 13.2 Å². The van der Waals surface area contributed by atoms with E-state index in [0.717, 1.165) is 31.1 Å². The zero-order valence-corrected chi connectivity index (χ0v) is 14.5. The first-order chi connectivity index (χ1) is 11.5. The third-order valence-electron chi connectivity index (χ3n) is 4.50. The number of rotatable bonds is 4. The number of hydroxylamine groups is 1. The number of hydrogen-bond acceptors (Lipinski definition) is 5. The van der Waals surface area contributed by atoms with Crippen LogP contribution in [0.15, 0.2) is 35.7 Å². The Morgan fingerprint density at radius 3 is 2.54 bits per heavy atom. The van der Waals surface area contributed by atoms with Gasteiger partial charge in [-0.3, -0.25) is 0 Å². The summed E-state index contributed by atoms with van der Waals surface area (Å²) in [5, 5.41) is 8.56. The van der Waals surface area contributed by atoms with Gasteiger partial charge in [0, 0.05) is 18.5 Å². The molecule has 1 saturated carbocycles. The minimum absolute atomic E-state index is 0.00521. The Bertz CT molecular complexity index is 660. The van der Waals surface area contributed by atoms with Crippen molar-refractivity contribution in [3.63, 3.8) is 0 Å². The Hall–Kier alpha value is -1.54. The number of carbonyl (C=O) groups is 1. The first-order valence-corrected chi connectivity index (χ1v) is 9.56. The van der Waals surface area contributed by atoms with Gasteiger partial charge in [-0.15, -0.1) is 0 Å². The summed E-state index contributed by atoms with van der Waals surface area (Å²) in [5.41, 5.74) is 2.59. The number of hydrogen-bond donors (Lipinski definition) is 2. The van der Waals surface area contributed by atoms with Crippen LogP contribution < -0.4 is 5.48 Å². The molecule has 1 aliphatic carbocycles. The van der Waals surface area contributed by atoms with Crippen LogP contribution in [-0.2, 0) is 14.8 Å². The zero-order valence-electron chi connectivity index (χ0n) is 13.7. The molecule has 0 radical (unpaired) electrons. The van der Waals surface area contributed by atoms with E-state index in [1.54, 1.807) is 11.6 Å². The maximum absolute atomic E-state index is 12.6. The van der Waals surface area contributed by atoms with Crippen molar-refractivity contribution in [3.05, 3.63) is 41.3 Å². The number of sulfonamides is 1. The second kappa shape index (κ2) is 8.53. The smallest absolute Gasteiger partial charge is 0.237 e. The van der Waals surface area contributed by atoms with E-state index in [4.69, 9.17) is 5.21 Å². The number of aldehydes is 1. The molecule has 7 heteroatoms. The maximum atomic E-state index is 12.6. The summed E-state index contributed by atoms with van der Waals surface area (Å²) in [5.74, 6) is 0.347. The summed E-state index contributed by atoms with van der Waals surface area (Å²) in [4.78, 5) is 11.2. The van der Waals surface area contributed by atoms with Crippen molar-refractivity contribution in [1.29, 1.82) is 0 Å². The van der Waals surface area contributed by atoms with Gasteiger partial charge in [0.1, 0.15) is 6.29 Å². The van der Waals surface area contributed by atoms with Crippen molar-refractivity contribution >= 4 is 22.4 Å². The molecule has 0 spiro atoms. The van der Waals surface area contributed by atoms with Gasteiger partial charge in [-0.25, -0.2) is 13.9 Å².